The molecule has 2 nitrogen and oxygen atoms in total. The molecule has 1 atom stereocenters. The van der Waals surface area contributed by atoms with Crippen molar-refractivity contribution >= 4 is 22.0 Å². The third-order valence-corrected chi connectivity index (χ3v) is 3.63. The van der Waals surface area contributed by atoms with Crippen LogP contribution < -0.4 is 9.47 Å². The summed E-state index contributed by atoms with van der Waals surface area (Å²) in [7, 11) is 0. The maximum Gasteiger partial charge on any atom is 0.432 e. The zero-order valence-electron chi connectivity index (χ0n) is 11.1. The number of alkyl halides is 3. The predicted molar refractivity (Wildman–Crippen MR) is 74.1 cm³/mol. The molecule has 2 rings (SSSR count). The number of hydrogen-bond acceptors (Lipinski definition) is 2. The van der Waals surface area contributed by atoms with E-state index in [1.807, 2.05) is 0 Å². The third-order valence-electron chi connectivity index (χ3n) is 3.17. The van der Waals surface area contributed by atoms with Gasteiger partial charge in [0.15, 0.2) is 11.5 Å². The molecule has 0 bridgehead atoms. The Kier molecular flexibility index (Phi) is 4.04. The molecule has 0 spiro atoms. The highest BCUT2D eigenvalue weighted by molar-refractivity contribution is 9.10. The van der Waals surface area contributed by atoms with Crippen molar-refractivity contribution < 1.29 is 22.6 Å². The van der Waals surface area contributed by atoms with Gasteiger partial charge in [-0.3, -0.25) is 0 Å². The lowest BCUT2D eigenvalue weighted by Crippen LogP contribution is -2.49. The molecule has 110 valence electrons. The van der Waals surface area contributed by atoms with E-state index in [9.17, 15) is 13.2 Å². The maximum atomic E-state index is 13.3. The predicted octanol–water partition coefficient (Wildman–Crippen LogP) is 4.96. The average molecular weight is 351 g/mol. The lowest BCUT2D eigenvalue weighted by Gasteiger charge is -2.36. The summed E-state index contributed by atoms with van der Waals surface area (Å²) in [6, 6.07) is 3.31. The van der Waals surface area contributed by atoms with Crippen molar-refractivity contribution in [1.82, 2.24) is 0 Å². The van der Waals surface area contributed by atoms with Crippen LogP contribution in [0.2, 0.25) is 0 Å². The Bertz CT molecular complexity index is 540. The van der Waals surface area contributed by atoms with Gasteiger partial charge in [-0.15, -0.1) is 0 Å². The van der Waals surface area contributed by atoms with Crippen molar-refractivity contribution in [2.75, 3.05) is 6.61 Å². The van der Waals surface area contributed by atoms with Gasteiger partial charge in [-0.25, -0.2) is 0 Å². The summed E-state index contributed by atoms with van der Waals surface area (Å²) in [5.41, 5.74) is -1.73. The Morgan fingerprint density at radius 3 is 2.55 bits per heavy atom. The Morgan fingerprint density at radius 2 is 2.00 bits per heavy atom. The summed E-state index contributed by atoms with van der Waals surface area (Å²) in [6.07, 6.45) is -2.18. The number of halogens is 4. The summed E-state index contributed by atoms with van der Waals surface area (Å²) >= 11 is 3.30. The molecule has 1 aliphatic rings. The van der Waals surface area contributed by atoms with Crippen LogP contribution in [-0.4, -0.2) is 18.4 Å². The van der Waals surface area contributed by atoms with E-state index in [0.29, 0.717) is 17.9 Å². The first-order valence-electron chi connectivity index (χ1n) is 6.24. The molecule has 0 radical (unpaired) electrons. The minimum Gasteiger partial charge on any atom is -0.490 e. The minimum absolute atomic E-state index is 0.136. The summed E-state index contributed by atoms with van der Waals surface area (Å²) in [6.45, 7) is 3.56. The van der Waals surface area contributed by atoms with Gasteiger partial charge in [0.2, 0.25) is 5.60 Å². The Labute approximate surface area is 123 Å². The van der Waals surface area contributed by atoms with E-state index in [2.05, 4.69) is 15.9 Å². The van der Waals surface area contributed by atoms with E-state index in [0.717, 1.165) is 10.5 Å². The van der Waals surface area contributed by atoms with Gasteiger partial charge >= 0.3 is 6.18 Å². The SMILES string of the molecule is CCOc1cc(Br)cc2c1OC(CC)(C(F)(F)F)C=C2. The Balaban J connectivity index is 2.53. The largest absolute Gasteiger partial charge is 0.490 e. The number of hydrogen-bond donors (Lipinski definition) is 0. The van der Waals surface area contributed by atoms with E-state index in [1.54, 1.807) is 19.1 Å². The van der Waals surface area contributed by atoms with Gasteiger partial charge < -0.3 is 9.47 Å². The van der Waals surface area contributed by atoms with Gasteiger partial charge in [0.1, 0.15) is 0 Å². The molecule has 0 aliphatic carbocycles. The van der Waals surface area contributed by atoms with Gasteiger partial charge in [-0.2, -0.15) is 13.2 Å². The van der Waals surface area contributed by atoms with Crippen LogP contribution in [0.1, 0.15) is 25.8 Å². The highest BCUT2D eigenvalue weighted by atomic mass is 79.9. The van der Waals surface area contributed by atoms with Gasteiger partial charge in [0, 0.05) is 10.0 Å². The number of rotatable bonds is 3. The third kappa shape index (κ3) is 2.53. The number of fused-ring (bicyclic) bond motifs is 1. The molecular formula is C14H14BrF3O2. The molecule has 20 heavy (non-hydrogen) atoms. The Morgan fingerprint density at radius 1 is 1.30 bits per heavy atom. The van der Waals surface area contributed by atoms with E-state index in [-0.39, 0.29) is 12.2 Å². The smallest absolute Gasteiger partial charge is 0.432 e. The molecule has 0 fully saturated rings. The minimum atomic E-state index is -4.48. The molecule has 0 aromatic heterocycles. The summed E-state index contributed by atoms with van der Waals surface area (Å²) in [5.74, 6) is 0.444. The lowest BCUT2D eigenvalue weighted by atomic mass is 9.94. The van der Waals surface area contributed by atoms with Crippen molar-refractivity contribution in [2.45, 2.75) is 32.0 Å². The molecule has 1 aromatic carbocycles. The second kappa shape index (κ2) is 5.31. The molecule has 1 unspecified atom stereocenters. The summed E-state index contributed by atoms with van der Waals surface area (Å²) < 4.78 is 51.2. The normalized spacial score (nSPS) is 21.3. The highest BCUT2D eigenvalue weighted by Gasteiger charge is 2.55. The quantitative estimate of drug-likeness (QED) is 0.766. The van der Waals surface area contributed by atoms with Crippen molar-refractivity contribution in [3.8, 4) is 11.5 Å². The molecule has 0 saturated heterocycles. The van der Waals surface area contributed by atoms with Crippen LogP contribution in [0, 0.1) is 0 Å². The van der Waals surface area contributed by atoms with Crippen LogP contribution in [0.15, 0.2) is 22.7 Å². The maximum absolute atomic E-state index is 13.3. The van der Waals surface area contributed by atoms with Crippen molar-refractivity contribution in [1.29, 1.82) is 0 Å². The first-order valence-corrected chi connectivity index (χ1v) is 7.03. The van der Waals surface area contributed by atoms with Crippen LogP contribution in [0.3, 0.4) is 0 Å². The fourth-order valence-electron chi connectivity index (χ4n) is 2.07. The van der Waals surface area contributed by atoms with Gasteiger partial charge in [-0.05, 0) is 31.6 Å². The number of benzene rings is 1. The van der Waals surface area contributed by atoms with Gasteiger partial charge in [-0.1, -0.05) is 28.9 Å². The van der Waals surface area contributed by atoms with Crippen molar-refractivity contribution in [3.05, 3.63) is 28.2 Å². The fraction of sp³-hybridized carbons (Fsp3) is 0.429. The van der Waals surface area contributed by atoms with Crippen molar-refractivity contribution in [3.63, 3.8) is 0 Å². The van der Waals surface area contributed by atoms with E-state index in [1.165, 1.54) is 13.0 Å². The van der Waals surface area contributed by atoms with Crippen LogP contribution in [0.5, 0.6) is 11.5 Å². The molecule has 0 saturated carbocycles. The van der Waals surface area contributed by atoms with Gasteiger partial charge in [0.05, 0.1) is 6.61 Å². The zero-order valence-corrected chi connectivity index (χ0v) is 12.6. The van der Waals surface area contributed by atoms with E-state index >= 15 is 0 Å². The fourth-order valence-corrected chi connectivity index (χ4v) is 2.52. The second-order valence-electron chi connectivity index (χ2n) is 4.43. The second-order valence-corrected chi connectivity index (χ2v) is 5.35. The van der Waals surface area contributed by atoms with E-state index < -0.39 is 11.8 Å². The topological polar surface area (TPSA) is 18.5 Å². The molecule has 6 heteroatoms. The first-order chi connectivity index (χ1) is 9.33. The van der Waals surface area contributed by atoms with E-state index in [4.69, 9.17) is 9.47 Å². The first kappa shape index (κ1) is 15.2. The molecule has 0 N–H and O–H groups in total. The average Bonchev–Trinajstić information content (AvgIpc) is 2.37. The lowest BCUT2D eigenvalue weighted by molar-refractivity contribution is -0.230. The van der Waals surface area contributed by atoms with Crippen LogP contribution >= 0.6 is 15.9 Å². The summed E-state index contributed by atoms with van der Waals surface area (Å²) in [4.78, 5) is 0. The molecular weight excluding hydrogens is 337 g/mol. The zero-order chi connectivity index (χ0) is 15.0. The van der Waals surface area contributed by atoms with Gasteiger partial charge in [0.25, 0.3) is 0 Å². The standard InChI is InChI=1S/C14H14BrF3O2/c1-3-13(14(16,17)18)6-5-9-7-10(15)8-11(19-4-2)12(9)20-13/h5-8H,3-4H2,1-2H3. The highest BCUT2D eigenvalue weighted by Crippen LogP contribution is 2.47. The molecule has 1 aromatic rings. The monoisotopic (exact) mass is 350 g/mol. The Hall–Kier alpha value is -1.17. The molecule has 1 heterocycles. The van der Waals surface area contributed by atoms with Crippen LogP contribution in [0.4, 0.5) is 13.2 Å². The van der Waals surface area contributed by atoms with Crippen LogP contribution in [0.25, 0.3) is 6.08 Å². The number of ether oxygens (including phenoxy) is 2. The summed E-state index contributed by atoms with van der Waals surface area (Å²) in [5, 5.41) is 0. The molecule has 0 amide bonds. The van der Waals surface area contributed by atoms with Crippen molar-refractivity contribution in [2.24, 2.45) is 0 Å². The van der Waals surface area contributed by atoms with Crippen LogP contribution in [-0.2, 0) is 0 Å². The molecule has 1 aliphatic heterocycles.